The highest BCUT2D eigenvalue weighted by Gasteiger charge is 2.42. The molecule has 1 atom stereocenters. The second kappa shape index (κ2) is 9.97. The first-order chi connectivity index (χ1) is 17.4. The van der Waals surface area contributed by atoms with Gasteiger partial charge in [-0.15, -0.1) is 0 Å². The summed E-state index contributed by atoms with van der Waals surface area (Å²) in [5.74, 6) is -3.50. The Kier molecular flexibility index (Phi) is 6.59. The first-order valence-electron chi connectivity index (χ1n) is 12.1. The number of amides is 1. The van der Waals surface area contributed by atoms with Crippen LogP contribution < -0.4 is 0 Å². The van der Waals surface area contributed by atoms with Crippen molar-refractivity contribution >= 4 is 22.6 Å². The highest BCUT2D eigenvalue weighted by molar-refractivity contribution is 6.06. The smallest absolute Gasteiger partial charge is 0.265 e. The number of aromatic nitrogens is 1. The lowest BCUT2D eigenvalue weighted by Crippen LogP contribution is -2.51. The van der Waals surface area contributed by atoms with E-state index in [1.54, 1.807) is 24.4 Å². The number of ketones is 1. The Bertz CT molecular complexity index is 1400. The molecule has 4 nitrogen and oxygen atoms in total. The minimum Gasteiger partial charge on any atom is -0.330 e. The fourth-order valence-corrected chi connectivity index (χ4v) is 4.98. The largest absolute Gasteiger partial charge is 0.330 e. The maximum Gasteiger partial charge on any atom is 0.265 e. The topological polar surface area (TPSA) is 50.3 Å². The maximum absolute atomic E-state index is 14.5. The Labute approximate surface area is 208 Å². The third kappa shape index (κ3) is 4.89. The summed E-state index contributed by atoms with van der Waals surface area (Å²) in [5, 5.41) is 0.870. The number of rotatable bonds is 6. The molecule has 5 rings (SSSR count). The van der Waals surface area contributed by atoms with Crippen molar-refractivity contribution in [2.75, 3.05) is 6.54 Å². The van der Waals surface area contributed by atoms with Crippen molar-refractivity contribution in [3.63, 3.8) is 0 Å². The van der Waals surface area contributed by atoms with Crippen LogP contribution in [0.2, 0.25) is 0 Å². The molecule has 0 spiro atoms. The molecule has 1 aromatic heterocycles. The van der Waals surface area contributed by atoms with Crippen molar-refractivity contribution in [3.05, 3.63) is 102 Å². The zero-order chi connectivity index (χ0) is 25.1. The zero-order valence-electron chi connectivity index (χ0n) is 19.7. The van der Waals surface area contributed by atoms with Gasteiger partial charge in [-0.3, -0.25) is 14.6 Å². The van der Waals surface area contributed by atoms with Gasteiger partial charge in [-0.25, -0.2) is 8.78 Å². The molecule has 0 bridgehead atoms. The predicted octanol–water partition coefficient (Wildman–Crippen LogP) is 6.80. The minimum absolute atomic E-state index is 0.103. The summed E-state index contributed by atoms with van der Waals surface area (Å²) in [6.45, 7) is -0.649. The Balaban J connectivity index is 1.40. The fourth-order valence-electron chi connectivity index (χ4n) is 4.98. The fraction of sp³-hybridized carbons (Fsp3) is 0.233. The molecule has 3 aromatic carbocycles. The number of hydrogen-bond donors (Lipinski definition) is 0. The number of fused-ring (bicyclic) bond motifs is 1. The molecule has 2 heterocycles. The predicted molar refractivity (Wildman–Crippen MR) is 136 cm³/mol. The molecule has 182 valence electrons. The van der Waals surface area contributed by atoms with Crippen LogP contribution in [-0.4, -0.2) is 40.1 Å². The minimum atomic E-state index is -2.96. The highest BCUT2D eigenvalue weighted by Crippen LogP contribution is 2.35. The van der Waals surface area contributed by atoms with Crippen molar-refractivity contribution < 1.29 is 18.4 Å². The molecular weight excluding hydrogens is 458 g/mol. The summed E-state index contributed by atoms with van der Waals surface area (Å²) < 4.78 is 29.0. The van der Waals surface area contributed by atoms with Gasteiger partial charge in [0.05, 0.1) is 12.1 Å². The summed E-state index contributed by atoms with van der Waals surface area (Å²) >= 11 is 0. The molecule has 1 aliphatic rings. The normalized spacial score (nSPS) is 17.2. The van der Waals surface area contributed by atoms with Crippen molar-refractivity contribution in [3.8, 4) is 11.1 Å². The average Bonchev–Trinajstić information content (AvgIpc) is 2.91. The third-order valence-electron chi connectivity index (χ3n) is 6.83. The van der Waals surface area contributed by atoms with Gasteiger partial charge in [0.1, 0.15) is 0 Å². The molecule has 6 heteroatoms. The number of hydrogen-bond acceptors (Lipinski definition) is 3. The molecular formula is C30H26F2N2O2. The highest BCUT2D eigenvalue weighted by atomic mass is 19.3. The van der Waals surface area contributed by atoms with E-state index in [9.17, 15) is 18.4 Å². The number of piperidine rings is 1. The molecule has 0 aliphatic carbocycles. The van der Waals surface area contributed by atoms with Crippen LogP contribution >= 0.6 is 0 Å². The number of Topliss-reactive ketones (excluding diaryl/α,β-unsaturated/α-hetero) is 1. The van der Waals surface area contributed by atoms with Gasteiger partial charge in [0.15, 0.2) is 5.78 Å². The van der Waals surface area contributed by atoms with E-state index in [1.165, 1.54) is 4.90 Å². The van der Waals surface area contributed by atoms with E-state index in [4.69, 9.17) is 0 Å². The molecule has 1 unspecified atom stereocenters. The number of para-hydroxylation sites is 1. The van der Waals surface area contributed by atoms with Crippen molar-refractivity contribution in [1.82, 2.24) is 9.88 Å². The molecule has 1 amide bonds. The van der Waals surface area contributed by atoms with Gasteiger partial charge < -0.3 is 4.90 Å². The second-order valence-electron chi connectivity index (χ2n) is 9.24. The monoisotopic (exact) mass is 484 g/mol. The molecule has 0 saturated carbocycles. The first-order valence-corrected chi connectivity index (χ1v) is 12.1. The second-order valence-corrected chi connectivity index (χ2v) is 9.24. The summed E-state index contributed by atoms with van der Waals surface area (Å²) in [4.78, 5) is 32.4. The quantitative estimate of drug-likeness (QED) is 0.283. The van der Waals surface area contributed by atoms with Gasteiger partial charge in [0, 0.05) is 41.6 Å². The van der Waals surface area contributed by atoms with E-state index in [-0.39, 0.29) is 25.0 Å². The van der Waals surface area contributed by atoms with Gasteiger partial charge in [-0.2, -0.15) is 0 Å². The van der Waals surface area contributed by atoms with E-state index in [1.807, 2.05) is 66.7 Å². The third-order valence-corrected chi connectivity index (χ3v) is 6.83. The molecule has 1 aliphatic heterocycles. The standard InChI is InChI=1S/C30H26F2N2O2/c31-30(32)18-17-23(15-16-27(35)26-14-6-10-22-11-7-19-33-28(22)26)34(20-30)29(36)25-13-5-4-12-24(25)21-8-2-1-3-9-21/h1-14,19,23H,15-18,20H2. The molecule has 0 N–H and O–H groups in total. The first kappa shape index (κ1) is 23.8. The van der Waals surface area contributed by atoms with Crippen LogP contribution in [0.5, 0.6) is 0 Å². The van der Waals surface area contributed by atoms with Gasteiger partial charge >= 0.3 is 0 Å². The maximum atomic E-state index is 14.5. The number of nitrogens with zero attached hydrogens (tertiary/aromatic N) is 2. The van der Waals surface area contributed by atoms with E-state index in [0.29, 0.717) is 28.6 Å². The van der Waals surface area contributed by atoms with Crippen LogP contribution in [0.3, 0.4) is 0 Å². The molecule has 0 radical (unpaired) electrons. The summed E-state index contributed by atoms with van der Waals surface area (Å²) in [5.41, 5.74) is 3.08. The van der Waals surface area contributed by atoms with E-state index in [0.717, 1.165) is 10.9 Å². The van der Waals surface area contributed by atoms with E-state index >= 15 is 0 Å². The van der Waals surface area contributed by atoms with Crippen LogP contribution in [0, 0.1) is 0 Å². The lowest BCUT2D eigenvalue weighted by Gasteiger charge is -2.40. The molecule has 4 aromatic rings. The van der Waals surface area contributed by atoms with Crippen LogP contribution in [0.15, 0.2) is 91.1 Å². The number of halogens is 2. The molecule has 1 saturated heterocycles. The zero-order valence-corrected chi connectivity index (χ0v) is 19.7. The summed E-state index contributed by atoms with van der Waals surface area (Å²) in [7, 11) is 0. The van der Waals surface area contributed by atoms with Crippen molar-refractivity contribution in [2.45, 2.75) is 37.6 Å². The SMILES string of the molecule is O=C(CCC1CCC(F)(F)CN1C(=O)c1ccccc1-c1ccccc1)c1cccc2cccnc12. The summed E-state index contributed by atoms with van der Waals surface area (Å²) in [6, 6.07) is 25.2. The van der Waals surface area contributed by atoms with Crippen molar-refractivity contribution in [2.24, 2.45) is 0 Å². The molecule has 36 heavy (non-hydrogen) atoms. The average molecular weight is 485 g/mol. The number of likely N-dealkylation sites (tertiary alicyclic amines) is 1. The van der Waals surface area contributed by atoms with Crippen LogP contribution in [0.25, 0.3) is 22.0 Å². The van der Waals surface area contributed by atoms with Crippen molar-refractivity contribution in [1.29, 1.82) is 0 Å². The van der Waals surface area contributed by atoms with Gasteiger partial charge in [0.25, 0.3) is 11.8 Å². The number of alkyl halides is 2. The summed E-state index contributed by atoms with van der Waals surface area (Å²) in [6.07, 6.45) is 1.96. The lowest BCUT2D eigenvalue weighted by molar-refractivity contribution is -0.0729. The Morgan fingerprint density at radius 3 is 2.44 bits per heavy atom. The Morgan fingerprint density at radius 2 is 1.61 bits per heavy atom. The number of pyridine rings is 1. The van der Waals surface area contributed by atoms with Crippen LogP contribution in [0.1, 0.15) is 46.4 Å². The number of benzene rings is 3. The van der Waals surface area contributed by atoms with Gasteiger partial charge in [-0.1, -0.05) is 66.7 Å². The Hall–Kier alpha value is -3.93. The number of carbonyl (C=O) groups excluding carboxylic acids is 2. The van der Waals surface area contributed by atoms with E-state index in [2.05, 4.69) is 4.98 Å². The van der Waals surface area contributed by atoms with Crippen LogP contribution in [-0.2, 0) is 0 Å². The number of carbonyl (C=O) groups is 2. The van der Waals surface area contributed by atoms with Crippen LogP contribution in [0.4, 0.5) is 8.78 Å². The van der Waals surface area contributed by atoms with Gasteiger partial charge in [0.2, 0.25) is 0 Å². The van der Waals surface area contributed by atoms with E-state index < -0.39 is 24.4 Å². The molecule has 1 fully saturated rings. The van der Waals surface area contributed by atoms with Gasteiger partial charge in [-0.05, 0) is 42.2 Å². The lowest BCUT2D eigenvalue weighted by atomic mass is 9.91. The Morgan fingerprint density at radius 1 is 0.889 bits per heavy atom.